The van der Waals surface area contributed by atoms with Gasteiger partial charge in [-0.3, -0.25) is 0 Å². The van der Waals surface area contributed by atoms with E-state index in [4.69, 9.17) is 10.2 Å². The molecule has 13 heavy (non-hydrogen) atoms. The van der Waals surface area contributed by atoms with Crippen LogP contribution in [0.2, 0.25) is 0 Å². The average Bonchev–Trinajstić information content (AvgIpc) is 2.50. The highest BCUT2D eigenvalue weighted by atomic mass is 32.1. The molecule has 5 nitrogen and oxygen atoms in total. The Morgan fingerprint density at radius 3 is 2.69 bits per heavy atom. The van der Waals surface area contributed by atoms with E-state index in [1.807, 2.05) is 0 Å². The van der Waals surface area contributed by atoms with E-state index >= 15 is 0 Å². The maximum atomic E-state index is 10.4. The molecule has 1 heterocycles. The zero-order valence-electron chi connectivity index (χ0n) is 7.26. The Hall–Kier alpha value is -1.14. The quantitative estimate of drug-likeness (QED) is 0.738. The van der Waals surface area contributed by atoms with Crippen molar-refractivity contribution in [3.63, 3.8) is 0 Å². The van der Waals surface area contributed by atoms with Crippen molar-refractivity contribution in [1.29, 1.82) is 0 Å². The zero-order valence-corrected chi connectivity index (χ0v) is 8.08. The molecule has 0 aromatic carbocycles. The van der Waals surface area contributed by atoms with Gasteiger partial charge in [0, 0.05) is 20.3 Å². The molecule has 72 valence electrons. The molecule has 0 saturated heterocycles. The predicted octanol–water partition coefficient (Wildman–Crippen LogP) is 0.327. The third kappa shape index (κ3) is 2.16. The SMILES string of the molecule is CN(C)c1ncc(C(O)C(=O)O)s1. The van der Waals surface area contributed by atoms with E-state index in [1.54, 1.807) is 19.0 Å². The largest absolute Gasteiger partial charge is 0.479 e. The van der Waals surface area contributed by atoms with Crippen LogP contribution in [0.4, 0.5) is 5.13 Å². The van der Waals surface area contributed by atoms with Crippen LogP contribution in [0.1, 0.15) is 11.0 Å². The first-order valence-corrected chi connectivity index (χ1v) is 4.38. The van der Waals surface area contributed by atoms with E-state index in [9.17, 15) is 4.79 Å². The number of thiazole rings is 1. The van der Waals surface area contributed by atoms with Crippen LogP contribution in [0.3, 0.4) is 0 Å². The van der Waals surface area contributed by atoms with Gasteiger partial charge >= 0.3 is 5.97 Å². The first kappa shape index (κ1) is 9.94. The van der Waals surface area contributed by atoms with Crippen molar-refractivity contribution >= 4 is 22.4 Å². The molecule has 6 heteroatoms. The Bertz CT molecular complexity index is 310. The van der Waals surface area contributed by atoms with Crippen molar-refractivity contribution in [1.82, 2.24) is 4.98 Å². The number of aromatic nitrogens is 1. The molecule has 1 aromatic rings. The van der Waals surface area contributed by atoms with Crippen LogP contribution in [0.25, 0.3) is 0 Å². The summed E-state index contributed by atoms with van der Waals surface area (Å²) >= 11 is 1.16. The Labute approximate surface area is 79.3 Å². The van der Waals surface area contributed by atoms with Gasteiger partial charge in [0.1, 0.15) is 0 Å². The Morgan fingerprint density at radius 2 is 2.31 bits per heavy atom. The van der Waals surface area contributed by atoms with Crippen molar-refractivity contribution in [2.75, 3.05) is 19.0 Å². The highest BCUT2D eigenvalue weighted by Gasteiger charge is 2.19. The summed E-state index contributed by atoms with van der Waals surface area (Å²) < 4.78 is 0. The van der Waals surface area contributed by atoms with Crippen molar-refractivity contribution in [3.05, 3.63) is 11.1 Å². The molecule has 0 radical (unpaired) electrons. The van der Waals surface area contributed by atoms with Gasteiger partial charge in [-0.15, -0.1) is 0 Å². The van der Waals surface area contributed by atoms with Gasteiger partial charge < -0.3 is 15.1 Å². The van der Waals surface area contributed by atoms with E-state index in [2.05, 4.69) is 4.98 Å². The number of nitrogens with zero attached hydrogens (tertiary/aromatic N) is 2. The molecule has 0 aliphatic heterocycles. The van der Waals surface area contributed by atoms with Crippen LogP contribution in [-0.4, -0.2) is 35.3 Å². The Morgan fingerprint density at radius 1 is 1.69 bits per heavy atom. The summed E-state index contributed by atoms with van der Waals surface area (Å²) in [4.78, 5) is 16.4. The second-order valence-electron chi connectivity index (χ2n) is 2.68. The molecule has 0 saturated carbocycles. The van der Waals surface area contributed by atoms with Crippen molar-refractivity contribution in [3.8, 4) is 0 Å². The molecule has 1 rings (SSSR count). The molecule has 0 bridgehead atoms. The van der Waals surface area contributed by atoms with Crippen LogP contribution in [-0.2, 0) is 4.79 Å². The molecule has 0 fully saturated rings. The van der Waals surface area contributed by atoms with E-state index in [1.165, 1.54) is 6.20 Å². The van der Waals surface area contributed by atoms with Crippen LogP contribution in [0.15, 0.2) is 6.20 Å². The van der Waals surface area contributed by atoms with Crippen LogP contribution in [0, 0.1) is 0 Å². The lowest BCUT2D eigenvalue weighted by molar-refractivity contribution is -0.146. The first-order valence-electron chi connectivity index (χ1n) is 3.56. The predicted molar refractivity (Wildman–Crippen MR) is 49.0 cm³/mol. The monoisotopic (exact) mass is 202 g/mol. The van der Waals surface area contributed by atoms with E-state index in [-0.39, 0.29) is 0 Å². The standard InChI is InChI=1S/C7H10N2O3S/c1-9(2)7-8-3-4(13-7)5(10)6(11)12/h3,5,10H,1-2H3,(H,11,12). The minimum absolute atomic E-state index is 0.344. The number of carbonyl (C=O) groups is 1. The van der Waals surface area contributed by atoms with Gasteiger partial charge in [-0.05, 0) is 0 Å². The molecule has 1 unspecified atom stereocenters. The molecule has 1 atom stereocenters. The summed E-state index contributed by atoms with van der Waals surface area (Å²) in [6.07, 6.45) is -0.0927. The minimum atomic E-state index is -1.47. The lowest BCUT2D eigenvalue weighted by Gasteiger charge is -2.05. The summed E-state index contributed by atoms with van der Waals surface area (Å²) in [5.74, 6) is -1.26. The number of aliphatic carboxylic acids is 1. The van der Waals surface area contributed by atoms with E-state index < -0.39 is 12.1 Å². The maximum Gasteiger partial charge on any atom is 0.338 e. The van der Waals surface area contributed by atoms with Crippen LogP contribution in [0.5, 0.6) is 0 Å². The fourth-order valence-corrected chi connectivity index (χ4v) is 1.55. The third-order valence-corrected chi connectivity index (χ3v) is 2.61. The number of anilines is 1. The summed E-state index contributed by atoms with van der Waals surface area (Å²) in [6.45, 7) is 0. The minimum Gasteiger partial charge on any atom is -0.479 e. The van der Waals surface area contributed by atoms with Gasteiger partial charge in [-0.25, -0.2) is 9.78 Å². The maximum absolute atomic E-state index is 10.4. The molecular weight excluding hydrogens is 192 g/mol. The van der Waals surface area contributed by atoms with E-state index in [0.29, 0.717) is 10.0 Å². The van der Waals surface area contributed by atoms with Gasteiger partial charge in [0.05, 0.1) is 4.88 Å². The van der Waals surface area contributed by atoms with Gasteiger partial charge in [0.15, 0.2) is 11.2 Å². The number of rotatable bonds is 3. The van der Waals surface area contributed by atoms with Crippen molar-refractivity contribution < 1.29 is 15.0 Å². The van der Waals surface area contributed by atoms with Gasteiger partial charge in [-0.2, -0.15) is 0 Å². The molecule has 1 aromatic heterocycles. The number of hydrogen-bond acceptors (Lipinski definition) is 5. The summed E-state index contributed by atoms with van der Waals surface area (Å²) in [5, 5.41) is 18.3. The van der Waals surface area contributed by atoms with Crippen LogP contribution >= 0.6 is 11.3 Å². The van der Waals surface area contributed by atoms with E-state index in [0.717, 1.165) is 11.3 Å². The highest BCUT2D eigenvalue weighted by Crippen LogP contribution is 2.25. The van der Waals surface area contributed by atoms with Crippen molar-refractivity contribution in [2.24, 2.45) is 0 Å². The topological polar surface area (TPSA) is 73.7 Å². The lowest BCUT2D eigenvalue weighted by Crippen LogP contribution is -2.08. The summed E-state index contributed by atoms with van der Waals surface area (Å²) in [7, 11) is 3.60. The summed E-state index contributed by atoms with van der Waals surface area (Å²) in [6, 6.07) is 0. The number of carboxylic acids is 1. The number of aliphatic hydroxyl groups excluding tert-OH is 1. The van der Waals surface area contributed by atoms with Gasteiger partial charge in [-0.1, -0.05) is 11.3 Å². The molecule has 0 aliphatic carbocycles. The zero-order chi connectivity index (χ0) is 10.0. The molecule has 0 spiro atoms. The van der Waals surface area contributed by atoms with Crippen LogP contribution < -0.4 is 4.90 Å². The molecule has 0 aliphatic rings. The van der Waals surface area contributed by atoms with Gasteiger partial charge in [0.2, 0.25) is 0 Å². The number of aliphatic hydroxyl groups is 1. The highest BCUT2D eigenvalue weighted by molar-refractivity contribution is 7.15. The van der Waals surface area contributed by atoms with Crippen molar-refractivity contribution in [2.45, 2.75) is 6.10 Å². The first-order chi connectivity index (χ1) is 6.02. The normalized spacial score (nSPS) is 12.5. The number of carboxylic acid groups (broad SMARTS) is 1. The Kier molecular flexibility index (Phi) is 2.84. The summed E-state index contributed by atoms with van der Waals surface area (Å²) in [5.41, 5.74) is 0. The Balaban J connectivity index is 2.85. The fourth-order valence-electron chi connectivity index (χ4n) is 0.732. The molecule has 2 N–H and O–H groups in total. The number of hydrogen-bond donors (Lipinski definition) is 2. The van der Waals surface area contributed by atoms with Gasteiger partial charge in [0.25, 0.3) is 0 Å². The average molecular weight is 202 g/mol. The second kappa shape index (κ2) is 3.71. The smallest absolute Gasteiger partial charge is 0.338 e. The fraction of sp³-hybridized carbons (Fsp3) is 0.429. The molecule has 0 amide bonds. The lowest BCUT2D eigenvalue weighted by atomic mass is 10.3. The molecular formula is C7H10N2O3S. The second-order valence-corrected chi connectivity index (χ2v) is 3.72. The third-order valence-electron chi connectivity index (χ3n) is 1.40.